The van der Waals surface area contributed by atoms with Crippen LogP contribution < -0.4 is 11.1 Å². The quantitative estimate of drug-likeness (QED) is 0.812. The van der Waals surface area contributed by atoms with Crippen molar-refractivity contribution in [2.45, 2.75) is 38.6 Å². The number of aryl methyl sites for hydroxylation is 1. The summed E-state index contributed by atoms with van der Waals surface area (Å²) in [7, 11) is 0. The Morgan fingerprint density at radius 3 is 2.80 bits per heavy atom. The van der Waals surface area contributed by atoms with Gasteiger partial charge in [-0.15, -0.1) is 0 Å². The number of amides is 1. The largest absolute Gasteiger partial charge is 0.364 e. The van der Waals surface area contributed by atoms with Crippen LogP contribution in [0.25, 0.3) is 11.4 Å². The van der Waals surface area contributed by atoms with Gasteiger partial charge in [0.15, 0.2) is 5.69 Å². The first-order valence-corrected chi connectivity index (χ1v) is 10.6. The number of carbonyl (C=O) groups excluding carboxylic acids is 1. The number of nitrogens with two attached hydrogens (primary N) is 1. The second kappa shape index (κ2) is 7.95. The van der Waals surface area contributed by atoms with Crippen LogP contribution in [0.4, 0.5) is 5.95 Å². The molecule has 0 unspecified atom stereocenters. The fraction of sp³-hybridized carbons (Fsp3) is 0.409. The zero-order valence-electron chi connectivity index (χ0n) is 16.8. The number of rotatable bonds is 4. The highest BCUT2D eigenvalue weighted by atomic mass is 16.1. The van der Waals surface area contributed by atoms with E-state index in [1.54, 1.807) is 0 Å². The standard InChI is InChI=1S/C22H25N7O/c23-21(30)19-17-7-6-15-12-25-22(26-16-4-2-1-3-5-16)27-18(15)20(17)29(28-19)13-14-8-10-24-11-9-14/h2-5,12,14,24H,1,6-11,13H2,(H2,23,30). The lowest BCUT2D eigenvalue weighted by atomic mass is 9.92. The molecule has 8 heteroatoms. The molecule has 1 amide bonds. The second-order valence-electron chi connectivity index (χ2n) is 8.04. The van der Waals surface area contributed by atoms with Crippen LogP contribution in [-0.4, -0.2) is 44.5 Å². The van der Waals surface area contributed by atoms with E-state index in [0.717, 1.165) is 80.0 Å². The normalized spacial score (nSPS) is 18.2. The van der Waals surface area contributed by atoms with Crippen molar-refractivity contribution in [3.8, 4) is 11.4 Å². The number of carbonyl (C=O) groups is 1. The highest BCUT2D eigenvalue weighted by Crippen LogP contribution is 2.35. The molecule has 3 aliphatic rings. The number of nitrogens with zero attached hydrogens (tertiary/aromatic N) is 5. The van der Waals surface area contributed by atoms with Crippen molar-refractivity contribution in [3.05, 3.63) is 47.3 Å². The molecule has 0 atom stereocenters. The molecule has 1 saturated heterocycles. The molecule has 0 bridgehead atoms. The fourth-order valence-corrected chi connectivity index (χ4v) is 4.44. The molecule has 154 valence electrons. The molecule has 5 rings (SSSR count). The number of nitrogens with one attached hydrogen (secondary N) is 1. The third kappa shape index (κ3) is 3.59. The first-order chi connectivity index (χ1) is 14.7. The Morgan fingerprint density at radius 2 is 2.03 bits per heavy atom. The summed E-state index contributed by atoms with van der Waals surface area (Å²) in [6.45, 7) is 2.78. The van der Waals surface area contributed by atoms with Crippen LogP contribution in [0.2, 0.25) is 0 Å². The van der Waals surface area contributed by atoms with E-state index in [0.29, 0.717) is 17.6 Å². The summed E-state index contributed by atoms with van der Waals surface area (Å²) in [6.07, 6.45) is 14.5. The Hall–Kier alpha value is -3.13. The lowest BCUT2D eigenvalue weighted by molar-refractivity contribution is 0.0993. The van der Waals surface area contributed by atoms with Crippen molar-refractivity contribution in [1.82, 2.24) is 25.1 Å². The van der Waals surface area contributed by atoms with E-state index in [9.17, 15) is 4.79 Å². The van der Waals surface area contributed by atoms with E-state index in [-0.39, 0.29) is 0 Å². The molecule has 0 saturated carbocycles. The van der Waals surface area contributed by atoms with Gasteiger partial charge in [0, 0.05) is 18.3 Å². The van der Waals surface area contributed by atoms with Crippen molar-refractivity contribution in [2.24, 2.45) is 16.6 Å². The van der Waals surface area contributed by atoms with Crippen LogP contribution in [-0.2, 0) is 19.4 Å². The molecule has 3 N–H and O–H groups in total. The summed E-state index contributed by atoms with van der Waals surface area (Å²) in [6, 6.07) is 0. The predicted molar refractivity (Wildman–Crippen MR) is 115 cm³/mol. The summed E-state index contributed by atoms with van der Waals surface area (Å²) in [4.78, 5) is 25.9. The van der Waals surface area contributed by atoms with Gasteiger partial charge < -0.3 is 11.1 Å². The minimum Gasteiger partial charge on any atom is -0.364 e. The number of aliphatic imine (C=N–C) groups is 1. The summed E-state index contributed by atoms with van der Waals surface area (Å²) in [5.74, 6) is 0.453. The molecule has 1 fully saturated rings. The zero-order valence-corrected chi connectivity index (χ0v) is 16.8. The molecule has 8 nitrogen and oxygen atoms in total. The molecular formula is C22H25N7O. The molecule has 1 aliphatic heterocycles. The maximum absolute atomic E-state index is 12.1. The number of hydrogen-bond donors (Lipinski definition) is 2. The summed E-state index contributed by atoms with van der Waals surface area (Å²) in [5.41, 5.74) is 10.6. The van der Waals surface area contributed by atoms with Gasteiger partial charge in [0.1, 0.15) is 0 Å². The summed E-state index contributed by atoms with van der Waals surface area (Å²) < 4.78 is 1.95. The second-order valence-corrected chi connectivity index (χ2v) is 8.04. The van der Waals surface area contributed by atoms with Crippen LogP contribution in [0.3, 0.4) is 0 Å². The number of hydrogen-bond acceptors (Lipinski definition) is 6. The molecule has 0 radical (unpaired) electrons. The maximum atomic E-state index is 12.1. The van der Waals surface area contributed by atoms with Crippen molar-refractivity contribution < 1.29 is 4.79 Å². The topological polar surface area (TPSA) is 111 Å². The van der Waals surface area contributed by atoms with Crippen LogP contribution in [0.15, 0.2) is 35.5 Å². The average Bonchev–Trinajstić information content (AvgIpc) is 3.14. The smallest absolute Gasteiger partial charge is 0.269 e. The van der Waals surface area contributed by atoms with E-state index in [1.807, 2.05) is 23.0 Å². The molecule has 0 spiro atoms. The van der Waals surface area contributed by atoms with Gasteiger partial charge in [0.25, 0.3) is 5.91 Å². The monoisotopic (exact) mass is 403 g/mol. The van der Waals surface area contributed by atoms with Crippen molar-refractivity contribution in [3.63, 3.8) is 0 Å². The van der Waals surface area contributed by atoms with Gasteiger partial charge in [-0.25, -0.2) is 15.0 Å². The van der Waals surface area contributed by atoms with Crippen molar-refractivity contribution in [2.75, 3.05) is 13.1 Å². The molecule has 3 heterocycles. The molecule has 30 heavy (non-hydrogen) atoms. The molecule has 2 aromatic heterocycles. The Labute approximate surface area is 175 Å². The van der Waals surface area contributed by atoms with Gasteiger partial charge in [0.05, 0.1) is 17.1 Å². The van der Waals surface area contributed by atoms with Gasteiger partial charge in [-0.05, 0) is 68.8 Å². The van der Waals surface area contributed by atoms with E-state index in [2.05, 4.69) is 32.5 Å². The summed E-state index contributed by atoms with van der Waals surface area (Å²) in [5, 5.41) is 8.03. The van der Waals surface area contributed by atoms with Crippen molar-refractivity contribution >= 4 is 17.6 Å². The third-order valence-electron chi connectivity index (χ3n) is 5.97. The predicted octanol–water partition coefficient (Wildman–Crippen LogP) is 2.13. The highest BCUT2D eigenvalue weighted by Gasteiger charge is 2.30. The Morgan fingerprint density at radius 1 is 1.23 bits per heavy atom. The minimum absolute atomic E-state index is 0.370. The zero-order chi connectivity index (χ0) is 20.5. The molecule has 2 aromatic rings. The maximum Gasteiger partial charge on any atom is 0.269 e. The van der Waals surface area contributed by atoms with Crippen LogP contribution in [0, 0.1) is 5.92 Å². The Balaban J connectivity index is 1.58. The fourth-order valence-electron chi connectivity index (χ4n) is 4.44. The van der Waals surface area contributed by atoms with Crippen molar-refractivity contribution in [1.29, 1.82) is 0 Å². The van der Waals surface area contributed by atoms with Gasteiger partial charge in [-0.1, -0.05) is 12.2 Å². The number of primary amides is 1. The van der Waals surface area contributed by atoms with Gasteiger partial charge in [0.2, 0.25) is 5.95 Å². The average molecular weight is 403 g/mol. The number of allylic oxidation sites excluding steroid dienone is 4. The van der Waals surface area contributed by atoms with Gasteiger partial charge in [-0.3, -0.25) is 9.48 Å². The van der Waals surface area contributed by atoms with Crippen LogP contribution in [0.1, 0.15) is 40.9 Å². The van der Waals surface area contributed by atoms with Gasteiger partial charge in [-0.2, -0.15) is 5.10 Å². The minimum atomic E-state index is -0.481. The number of piperidine rings is 1. The summed E-state index contributed by atoms with van der Waals surface area (Å²) >= 11 is 0. The SMILES string of the molecule is NC(=O)c1nn(CC2CCNCC2)c2c1CCc1cnc(N=C3C=CCC=C3)nc1-2. The Kier molecular flexibility index (Phi) is 5.00. The lowest BCUT2D eigenvalue weighted by Crippen LogP contribution is -2.30. The van der Waals surface area contributed by atoms with E-state index in [4.69, 9.17) is 10.7 Å². The third-order valence-corrected chi connectivity index (χ3v) is 5.97. The Bertz CT molecular complexity index is 1060. The van der Waals surface area contributed by atoms with E-state index < -0.39 is 5.91 Å². The van der Waals surface area contributed by atoms with Crippen LogP contribution in [0.5, 0.6) is 0 Å². The highest BCUT2D eigenvalue weighted by molar-refractivity contribution is 6.05. The van der Waals surface area contributed by atoms with Gasteiger partial charge >= 0.3 is 0 Å². The lowest BCUT2D eigenvalue weighted by Gasteiger charge is -2.24. The number of aromatic nitrogens is 4. The number of fused-ring (bicyclic) bond motifs is 3. The van der Waals surface area contributed by atoms with E-state index >= 15 is 0 Å². The molecule has 0 aromatic carbocycles. The van der Waals surface area contributed by atoms with Crippen LogP contribution >= 0.6 is 0 Å². The molecule has 2 aliphatic carbocycles. The first kappa shape index (κ1) is 18.9. The molecular weight excluding hydrogens is 378 g/mol. The van der Waals surface area contributed by atoms with E-state index in [1.165, 1.54) is 0 Å². The first-order valence-electron chi connectivity index (χ1n) is 10.6.